The number of hydrogen-bond acceptors (Lipinski definition) is 3. The first-order chi connectivity index (χ1) is 6.01. The lowest BCUT2D eigenvalue weighted by Crippen LogP contribution is -2.23. The van der Waals surface area contributed by atoms with Gasteiger partial charge in [0.2, 0.25) is 5.88 Å². The summed E-state index contributed by atoms with van der Waals surface area (Å²) in [5.41, 5.74) is -0.229. The second-order valence-electron chi connectivity index (χ2n) is 3.67. The molecule has 1 aromatic rings. The molecule has 0 saturated heterocycles. The van der Waals surface area contributed by atoms with Gasteiger partial charge in [0.05, 0.1) is 0 Å². The Balaban J connectivity index is 2.84. The lowest BCUT2D eigenvalue weighted by Gasteiger charge is -2.19. The van der Waals surface area contributed by atoms with Gasteiger partial charge >= 0.3 is 0 Å². The van der Waals surface area contributed by atoms with Crippen LogP contribution < -0.4 is 4.74 Å². The number of ether oxygens (including phenoxy) is 1. The van der Waals surface area contributed by atoms with Crippen LogP contribution in [-0.4, -0.2) is 15.6 Å². The van der Waals surface area contributed by atoms with E-state index in [0.29, 0.717) is 11.7 Å². The van der Waals surface area contributed by atoms with E-state index in [1.807, 2.05) is 20.8 Å². The summed E-state index contributed by atoms with van der Waals surface area (Å²) in [5.74, 6) is 1.17. The first kappa shape index (κ1) is 9.71. The fourth-order valence-electron chi connectivity index (χ4n) is 0.825. The molecule has 0 aromatic carbocycles. The molecule has 1 rings (SSSR count). The van der Waals surface area contributed by atoms with Crippen LogP contribution in [0.2, 0.25) is 0 Å². The molecule has 0 aliphatic rings. The molecule has 1 aromatic heterocycles. The highest BCUT2D eigenvalue weighted by Crippen LogP contribution is 2.14. The molecule has 0 bridgehead atoms. The van der Waals surface area contributed by atoms with E-state index in [2.05, 4.69) is 16.5 Å². The molecule has 3 heteroatoms. The van der Waals surface area contributed by atoms with Gasteiger partial charge in [0.25, 0.3) is 0 Å². The molecule has 3 nitrogen and oxygen atoms in total. The fourth-order valence-corrected chi connectivity index (χ4v) is 0.825. The Kier molecular flexibility index (Phi) is 2.66. The fraction of sp³-hybridized carbons (Fsp3) is 0.400. The van der Waals surface area contributed by atoms with E-state index >= 15 is 0 Å². The number of aromatic nitrogens is 2. The maximum absolute atomic E-state index is 5.55. The van der Waals surface area contributed by atoms with Gasteiger partial charge in [0, 0.05) is 12.3 Å². The van der Waals surface area contributed by atoms with Crippen LogP contribution in [0.25, 0.3) is 6.08 Å². The van der Waals surface area contributed by atoms with Crippen molar-refractivity contribution >= 4 is 6.08 Å². The summed E-state index contributed by atoms with van der Waals surface area (Å²) in [6.45, 7) is 9.51. The second kappa shape index (κ2) is 3.56. The average molecular weight is 178 g/mol. The Morgan fingerprint density at radius 1 is 1.46 bits per heavy atom. The largest absolute Gasteiger partial charge is 0.472 e. The van der Waals surface area contributed by atoms with Gasteiger partial charge in [-0.2, -0.15) is 4.98 Å². The molecule has 70 valence electrons. The van der Waals surface area contributed by atoms with Gasteiger partial charge in [-0.3, -0.25) is 0 Å². The van der Waals surface area contributed by atoms with Crippen molar-refractivity contribution < 1.29 is 4.74 Å². The van der Waals surface area contributed by atoms with E-state index in [9.17, 15) is 0 Å². The molecule has 0 atom stereocenters. The van der Waals surface area contributed by atoms with Gasteiger partial charge in [-0.05, 0) is 26.8 Å². The van der Waals surface area contributed by atoms with Gasteiger partial charge < -0.3 is 4.74 Å². The van der Waals surface area contributed by atoms with Gasteiger partial charge in [-0.1, -0.05) is 6.58 Å². The highest BCUT2D eigenvalue weighted by Gasteiger charge is 2.12. The van der Waals surface area contributed by atoms with Crippen molar-refractivity contribution in [1.82, 2.24) is 9.97 Å². The number of rotatable bonds is 2. The van der Waals surface area contributed by atoms with E-state index in [1.165, 1.54) is 0 Å². The van der Waals surface area contributed by atoms with E-state index < -0.39 is 0 Å². The molecule has 0 radical (unpaired) electrons. The van der Waals surface area contributed by atoms with Crippen molar-refractivity contribution in [3.05, 3.63) is 24.7 Å². The molecule has 0 amide bonds. The number of hydrogen-bond donors (Lipinski definition) is 0. The molecule has 0 N–H and O–H groups in total. The zero-order valence-electron chi connectivity index (χ0n) is 8.24. The summed E-state index contributed by atoms with van der Waals surface area (Å²) >= 11 is 0. The summed E-state index contributed by atoms with van der Waals surface area (Å²) < 4.78 is 5.55. The van der Waals surface area contributed by atoms with Crippen LogP contribution in [-0.2, 0) is 0 Å². The predicted octanol–water partition coefficient (Wildman–Crippen LogP) is 2.30. The molecule has 0 spiro atoms. The van der Waals surface area contributed by atoms with Crippen molar-refractivity contribution in [2.45, 2.75) is 26.4 Å². The molecule has 13 heavy (non-hydrogen) atoms. The van der Waals surface area contributed by atoms with Crippen molar-refractivity contribution in [3.63, 3.8) is 0 Å². The third-order valence-electron chi connectivity index (χ3n) is 1.24. The van der Waals surface area contributed by atoms with Crippen molar-refractivity contribution in [2.75, 3.05) is 0 Å². The Morgan fingerprint density at radius 2 is 2.15 bits per heavy atom. The van der Waals surface area contributed by atoms with Crippen molar-refractivity contribution in [2.24, 2.45) is 0 Å². The third kappa shape index (κ3) is 3.23. The average Bonchev–Trinajstić information content (AvgIpc) is 2.01. The summed E-state index contributed by atoms with van der Waals surface area (Å²) in [5, 5.41) is 0. The zero-order valence-corrected chi connectivity index (χ0v) is 8.24. The van der Waals surface area contributed by atoms with Gasteiger partial charge in [0.15, 0.2) is 5.82 Å². The van der Waals surface area contributed by atoms with Gasteiger partial charge in [-0.15, -0.1) is 0 Å². The highest BCUT2D eigenvalue weighted by molar-refractivity contribution is 5.36. The topological polar surface area (TPSA) is 35.0 Å². The van der Waals surface area contributed by atoms with Crippen molar-refractivity contribution in [3.8, 4) is 5.88 Å². The van der Waals surface area contributed by atoms with Crippen LogP contribution >= 0.6 is 0 Å². The lowest BCUT2D eigenvalue weighted by atomic mass is 10.2. The van der Waals surface area contributed by atoms with Crippen LogP contribution in [0.3, 0.4) is 0 Å². The first-order valence-electron chi connectivity index (χ1n) is 4.16. The molecule has 0 unspecified atom stereocenters. The summed E-state index contributed by atoms with van der Waals surface area (Å²) in [4.78, 5) is 8.10. The van der Waals surface area contributed by atoms with Crippen LogP contribution in [0.5, 0.6) is 5.88 Å². The second-order valence-corrected chi connectivity index (χ2v) is 3.67. The van der Waals surface area contributed by atoms with Crippen LogP contribution in [0.1, 0.15) is 26.6 Å². The summed E-state index contributed by atoms with van der Waals surface area (Å²) in [6, 6.07) is 1.73. The monoisotopic (exact) mass is 178 g/mol. The van der Waals surface area contributed by atoms with Gasteiger partial charge in [-0.25, -0.2) is 4.98 Å². The van der Waals surface area contributed by atoms with E-state index in [4.69, 9.17) is 4.74 Å². The quantitative estimate of drug-likeness (QED) is 0.697. The van der Waals surface area contributed by atoms with E-state index in [-0.39, 0.29) is 5.60 Å². The molecule has 1 heterocycles. The maximum atomic E-state index is 5.55. The molecule has 0 aliphatic heterocycles. The Morgan fingerprint density at radius 3 is 2.69 bits per heavy atom. The molecule has 0 fully saturated rings. The molecular formula is C10H14N2O. The summed E-state index contributed by atoms with van der Waals surface area (Å²) in [6.07, 6.45) is 3.25. The minimum Gasteiger partial charge on any atom is -0.472 e. The van der Waals surface area contributed by atoms with Crippen LogP contribution in [0.4, 0.5) is 0 Å². The smallest absolute Gasteiger partial charge is 0.217 e. The van der Waals surface area contributed by atoms with Crippen LogP contribution in [0, 0.1) is 0 Å². The zero-order chi connectivity index (χ0) is 9.90. The highest BCUT2D eigenvalue weighted by atomic mass is 16.5. The normalized spacial score (nSPS) is 11.0. The minimum absolute atomic E-state index is 0.229. The standard InChI is InChI=1S/C10H14N2O/c1-5-8-11-7-6-9(12-8)13-10(2,3)4/h5-7H,1H2,2-4H3. The van der Waals surface area contributed by atoms with Crippen molar-refractivity contribution in [1.29, 1.82) is 0 Å². The minimum atomic E-state index is -0.229. The van der Waals surface area contributed by atoms with E-state index in [1.54, 1.807) is 18.3 Å². The molecular weight excluding hydrogens is 164 g/mol. The Labute approximate surface area is 78.5 Å². The Hall–Kier alpha value is -1.38. The molecule has 0 aliphatic carbocycles. The third-order valence-corrected chi connectivity index (χ3v) is 1.24. The lowest BCUT2D eigenvalue weighted by molar-refractivity contribution is 0.124. The summed E-state index contributed by atoms with van der Waals surface area (Å²) in [7, 11) is 0. The van der Waals surface area contributed by atoms with Crippen LogP contribution in [0.15, 0.2) is 18.8 Å². The maximum Gasteiger partial charge on any atom is 0.217 e. The SMILES string of the molecule is C=Cc1nccc(OC(C)(C)C)n1. The Bertz CT molecular complexity index is 302. The van der Waals surface area contributed by atoms with Gasteiger partial charge in [0.1, 0.15) is 5.60 Å². The first-order valence-corrected chi connectivity index (χ1v) is 4.16. The predicted molar refractivity (Wildman–Crippen MR) is 52.5 cm³/mol. The van der Waals surface area contributed by atoms with E-state index in [0.717, 1.165) is 0 Å². The molecule has 0 saturated carbocycles. The number of nitrogens with zero attached hydrogens (tertiary/aromatic N) is 2.